The molecule has 14 heteroatoms. The van der Waals surface area contributed by atoms with Gasteiger partial charge in [0.05, 0.1) is 34.5 Å². The topological polar surface area (TPSA) is 100 Å². The lowest BCUT2D eigenvalue weighted by molar-refractivity contribution is -0.140. The van der Waals surface area contributed by atoms with Gasteiger partial charge in [-0.25, -0.2) is 4.68 Å². The molecule has 0 bridgehead atoms. The van der Waals surface area contributed by atoms with Gasteiger partial charge in [0.2, 0.25) is 0 Å². The van der Waals surface area contributed by atoms with E-state index >= 15 is 0 Å². The van der Waals surface area contributed by atoms with Crippen LogP contribution in [0.2, 0.25) is 5.02 Å². The van der Waals surface area contributed by atoms with Crippen molar-refractivity contribution in [2.75, 3.05) is 10.7 Å². The van der Waals surface area contributed by atoms with E-state index in [4.69, 9.17) is 17.3 Å². The normalized spacial score (nSPS) is 14.0. The first-order chi connectivity index (χ1) is 16.3. The van der Waals surface area contributed by atoms with Crippen molar-refractivity contribution in [1.29, 1.82) is 5.26 Å². The van der Waals surface area contributed by atoms with Gasteiger partial charge in [0.15, 0.2) is 5.69 Å². The number of halogens is 7. The zero-order chi connectivity index (χ0) is 25.7. The fourth-order valence-electron chi connectivity index (χ4n) is 3.49. The first-order valence-corrected chi connectivity index (χ1v) is 9.93. The molecule has 4 rings (SSSR count). The summed E-state index contributed by atoms with van der Waals surface area (Å²) in [5.74, 6) is -1.06. The molecule has 1 aromatic heterocycles. The van der Waals surface area contributed by atoms with Crippen LogP contribution in [-0.4, -0.2) is 21.9 Å². The molecule has 0 spiro atoms. The Hall–Kier alpha value is -4.05. The maximum absolute atomic E-state index is 13.8. The molecular weight excluding hydrogens is 502 g/mol. The van der Waals surface area contributed by atoms with Gasteiger partial charge in [0, 0.05) is 11.2 Å². The van der Waals surface area contributed by atoms with Gasteiger partial charge in [0.1, 0.15) is 11.9 Å². The number of carbonyl (C=O) groups excluding carboxylic acids is 1. The van der Waals surface area contributed by atoms with Gasteiger partial charge in [-0.1, -0.05) is 11.6 Å². The van der Waals surface area contributed by atoms with E-state index in [0.29, 0.717) is 16.8 Å². The zero-order valence-electron chi connectivity index (χ0n) is 17.1. The number of hydrogen-bond acceptors (Lipinski definition) is 5. The van der Waals surface area contributed by atoms with Gasteiger partial charge in [-0.2, -0.15) is 46.8 Å². The highest BCUT2D eigenvalue weighted by Gasteiger charge is 2.40. The molecule has 35 heavy (non-hydrogen) atoms. The highest BCUT2D eigenvalue weighted by molar-refractivity contribution is 6.31. The first kappa shape index (κ1) is 24.1. The van der Waals surface area contributed by atoms with Crippen LogP contribution in [0.3, 0.4) is 0 Å². The minimum atomic E-state index is -5.09. The molecule has 0 aliphatic carbocycles. The summed E-state index contributed by atoms with van der Waals surface area (Å²) in [4.78, 5) is 11.9. The van der Waals surface area contributed by atoms with Gasteiger partial charge < -0.3 is 5.73 Å². The number of nitrogens with zero attached hydrogens (tertiary/aromatic N) is 5. The number of anilines is 2. The monoisotopic (exact) mass is 512 g/mol. The van der Waals surface area contributed by atoms with Crippen molar-refractivity contribution in [1.82, 2.24) is 9.78 Å². The maximum Gasteiger partial charge on any atom is 0.435 e. The van der Waals surface area contributed by atoms with E-state index in [1.165, 1.54) is 18.3 Å². The number of nitrogen functional groups attached to an aromatic ring is 1. The fourth-order valence-corrected chi connectivity index (χ4v) is 3.72. The second-order valence-corrected chi connectivity index (χ2v) is 7.70. The number of hydrazone groups is 1. The Morgan fingerprint density at radius 2 is 1.77 bits per heavy atom. The summed E-state index contributed by atoms with van der Waals surface area (Å²) in [6, 6.07) is 7.42. The molecule has 1 aliphatic heterocycles. The number of hydrogen-bond donors (Lipinski definition) is 1. The van der Waals surface area contributed by atoms with Crippen molar-refractivity contribution in [3.05, 3.63) is 58.2 Å². The lowest BCUT2D eigenvalue weighted by Crippen LogP contribution is -2.20. The number of benzene rings is 2. The quantitative estimate of drug-likeness (QED) is 0.474. The fraction of sp³-hybridized carbons (Fsp3) is 0.143. The van der Waals surface area contributed by atoms with Crippen molar-refractivity contribution in [2.45, 2.75) is 18.8 Å². The van der Waals surface area contributed by atoms with Crippen molar-refractivity contribution < 1.29 is 31.1 Å². The summed E-state index contributed by atoms with van der Waals surface area (Å²) in [6.07, 6.45) is -8.64. The Balaban J connectivity index is 1.91. The predicted octanol–water partition coefficient (Wildman–Crippen LogP) is 5.41. The van der Waals surface area contributed by atoms with Crippen LogP contribution in [0.1, 0.15) is 23.2 Å². The third-order valence-electron chi connectivity index (χ3n) is 4.98. The van der Waals surface area contributed by atoms with Crippen LogP contribution < -0.4 is 10.7 Å². The molecule has 2 heterocycles. The lowest BCUT2D eigenvalue weighted by Gasteiger charge is -2.15. The van der Waals surface area contributed by atoms with E-state index in [-0.39, 0.29) is 23.4 Å². The van der Waals surface area contributed by atoms with Gasteiger partial charge in [-0.15, -0.1) is 0 Å². The molecule has 0 fully saturated rings. The van der Waals surface area contributed by atoms with Gasteiger partial charge in [-0.3, -0.25) is 4.79 Å². The molecular formula is C21H11ClF6N6O. The van der Waals surface area contributed by atoms with Crippen LogP contribution in [0.15, 0.2) is 41.5 Å². The number of nitriles is 1. The maximum atomic E-state index is 13.8. The van der Waals surface area contributed by atoms with Gasteiger partial charge in [-0.05, 0) is 42.0 Å². The predicted molar refractivity (Wildman–Crippen MR) is 114 cm³/mol. The van der Waals surface area contributed by atoms with Crippen molar-refractivity contribution >= 4 is 35.2 Å². The number of alkyl halides is 6. The van der Waals surface area contributed by atoms with Crippen LogP contribution in [0, 0.1) is 11.3 Å². The highest BCUT2D eigenvalue weighted by Crippen LogP contribution is 2.43. The van der Waals surface area contributed by atoms with Crippen molar-refractivity contribution in [3.63, 3.8) is 0 Å². The minimum absolute atomic E-state index is 0.0105. The zero-order valence-corrected chi connectivity index (χ0v) is 17.9. The molecule has 0 saturated heterocycles. The van der Waals surface area contributed by atoms with E-state index in [9.17, 15) is 36.4 Å². The number of nitrogens with two attached hydrogens (primary N) is 1. The number of carbonyl (C=O) groups is 1. The van der Waals surface area contributed by atoms with Crippen LogP contribution in [0.5, 0.6) is 0 Å². The molecule has 0 atom stereocenters. The summed E-state index contributed by atoms with van der Waals surface area (Å²) in [6.45, 7) is 0. The third kappa shape index (κ3) is 4.40. The van der Waals surface area contributed by atoms with E-state index < -0.39 is 51.5 Å². The minimum Gasteiger partial charge on any atom is -0.383 e. The average molecular weight is 513 g/mol. The summed E-state index contributed by atoms with van der Waals surface area (Å²) < 4.78 is 81.9. The molecule has 0 saturated carbocycles. The average Bonchev–Trinajstić information content (AvgIpc) is 3.35. The Labute approximate surface area is 197 Å². The van der Waals surface area contributed by atoms with Crippen LogP contribution >= 0.6 is 11.6 Å². The lowest BCUT2D eigenvalue weighted by atomic mass is 10.0. The van der Waals surface area contributed by atoms with E-state index in [1.54, 1.807) is 0 Å². The molecule has 1 amide bonds. The number of rotatable bonds is 3. The standard InChI is InChI=1S/C21H11ClF6N6O/c22-13-6-10(5-12(8-13)20(23,24)25)17-18(21(26,27)28)32-33(19(17)30)14-1-2-15(11(7-14)9-29)34-16(35)3-4-31-34/h1-2,4-8H,3,30H2. The summed E-state index contributed by atoms with van der Waals surface area (Å²) in [5, 5.41) is 17.4. The Morgan fingerprint density at radius 1 is 1.06 bits per heavy atom. The molecule has 7 nitrogen and oxygen atoms in total. The van der Waals surface area contributed by atoms with Gasteiger partial charge in [0.25, 0.3) is 5.91 Å². The summed E-state index contributed by atoms with van der Waals surface area (Å²) >= 11 is 5.75. The third-order valence-corrected chi connectivity index (χ3v) is 5.19. The largest absolute Gasteiger partial charge is 0.435 e. The van der Waals surface area contributed by atoms with Crippen LogP contribution in [-0.2, 0) is 17.1 Å². The van der Waals surface area contributed by atoms with Crippen LogP contribution in [0.4, 0.5) is 37.8 Å². The molecule has 2 aromatic carbocycles. The first-order valence-electron chi connectivity index (χ1n) is 9.55. The van der Waals surface area contributed by atoms with Gasteiger partial charge >= 0.3 is 12.4 Å². The molecule has 2 N–H and O–H groups in total. The molecule has 1 aliphatic rings. The molecule has 3 aromatic rings. The summed E-state index contributed by atoms with van der Waals surface area (Å²) in [5.41, 5.74) is 1.63. The summed E-state index contributed by atoms with van der Waals surface area (Å²) in [7, 11) is 0. The Bertz CT molecular complexity index is 1420. The Kier molecular flexibility index (Phi) is 5.72. The second-order valence-electron chi connectivity index (χ2n) is 7.27. The smallest absolute Gasteiger partial charge is 0.383 e. The molecule has 0 radical (unpaired) electrons. The second kappa shape index (κ2) is 8.31. The Morgan fingerprint density at radius 3 is 2.34 bits per heavy atom. The molecule has 180 valence electrons. The SMILES string of the molecule is N#Cc1cc(-n2nc(C(F)(F)F)c(-c3cc(Cl)cc(C(F)(F)F)c3)c2N)ccc1N1N=CCC1=O. The van der Waals surface area contributed by atoms with E-state index in [2.05, 4.69) is 10.2 Å². The molecule has 0 unspecified atom stereocenters. The van der Waals surface area contributed by atoms with Crippen molar-refractivity contribution in [3.8, 4) is 22.9 Å². The van der Waals surface area contributed by atoms with Crippen molar-refractivity contribution in [2.24, 2.45) is 5.10 Å². The van der Waals surface area contributed by atoms with E-state index in [0.717, 1.165) is 17.1 Å². The number of aromatic nitrogens is 2. The number of amides is 1. The van der Waals surface area contributed by atoms with E-state index in [1.807, 2.05) is 6.07 Å². The van der Waals surface area contributed by atoms with Crippen LogP contribution in [0.25, 0.3) is 16.8 Å². The highest BCUT2D eigenvalue weighted by atomic mass is 35.5.